The van der Waals surface area contributed by atoms with Gasteiger partial charge in [-0.2, -0.15) is 0 Å². The summed E-state index contributed by atoms with van der Waals surface area (Å²) < 4.78 is 9.98. The van der Waals surface area contributed by atoms with Crippen LogP contribution in [0, 0.1) is 0 Å². The van der Waals surface area contributed by atoms with Crippen LogP contribution in [0.4, 0.5) is 5.69 Å². The van der Waals surface area contributed by atoms with Gasteiger partial charge in [0, 0.05) is 18.1 Å². The number of esters is 1. The molecule has 1 aliphatic rings. The zero-order valence-electron chi connectivity index (χ0n) is 12.7. The van der Waals surface area contributed by atoms with Gasteiger partial charge < -0.3 is 14.8 Å². The summed E-state index contributed by atoms with van der Waals surface area (Å²) in [6, 6.07) is 4.15. The smallest absolute Gasteiger partial charge is 0.307 e. The SMILES string of the molecule is COC(=O)CC(C(=O)Nc1cc(Cl)ccc1Cl)N1CCOCC1. The topological polar surface area (TPSA) is 67.9 Å². The minimum absolute atomic E-state index is 0.0412. The van der Waals surface area contributed by atoms with Crippen LogP contribution < -0.4 is 5.32 Å². The average molecular weight is 361 g/mol. The predicted octanol–water partition coefficient (Wildman–Crippen LogP) is 2.20. The van der Waals surface area contributed by atoms with Crippen LogP contribution in [0.1, 0.15) is 6.42 Å². The van der Waals surface area contributed by atoms with Crippen molar-refractivity contribution in [3.05, 3.63) is 28.2 Å². The lowest BCUT2D eigenvalue weighted by Crippen LogP contribution is -2.50. The summed E-state index contributed by atoms with van der Waals surface area (Å²) in [4.78, 5) is 26.2. The molecule has 1 heterocycles. The highest BCUT2D eigenvalue weighted by Crippen LogP contribution is 2.26. The number of halogens is 2. The summed E-state index contributed by atoms with van der Waals surface area (Å²) in [6.45, 7) is 2.17. The average Bonchev–Trinajstić information content (AvgIpc) is 2.56. The largest absolute Gasteiger partial charge is 0.469 e. The summed E-state index contributed by atoms with van der Waals surface area (Å²) in [7, 11) is 1.30. The highest BCUT2D eigenvalue weighted by Gasteiger charge is 2.30. The Morgan fingerprint density at radius 1 is 1.35 bits per heavy atom. The van der Waals surface area contributed by atoms with Crippen LogP contribution in [0.15, 0.2) is 18.2 Å². The Morgan fingerprint density at radius 3 is 2.70 bits per heavy atom. The number of rotatable bonds is 5. The van der Waals surface area contributed by atoms with Crippen molar-refractivity contribution in [3.63, 3.8) is 0 Å². The molecule has 1 fully saturated rings. The fraction of sp³-hybridized carbons (Fsp3) is 0.467. The Balaban J connectivity index is 2.14. The maximum atomic E-state index is 12.6. The number of hydrogen-bond acceptors (Lipinski definition) is 5. The molecule has 1 aromatic carbocycles. The summed E-state index contributed by atoms with van der Waals surface area (Å²) in [5.74, 6) is -0.782. The first kappa shape index (κ1) is 18.0. The van der Waals surface area contributed by atoms with Crippen LogP contribution in [0.25, 0.3) is 0 Å². The first-order valence-corrected chi connectivity index (χ1v) is 7.91. The van der Waals surface area contributed by atoms with Gasteiger partial charge in [-0.15, -0.1) is 0 Å². The highest BCUT2D eigenvalue weighted by atomic mass is 35.5. The molecule has 0 aliphatic carbocycles. The second kappa shape index (κ2) is 8.49. The minimum Gasteiger partial charge on any atom is -0.469 e. The molecule has 126 valence electrons. The molecular formula is C15H18Cl2N2O4. The molecule has 6 nitrogen and oxygen atoms in total. The van der Waals surface area contributed by atoms with E-state index in [4.69, 9.17) is 32.7 Å². The number of nitrogens with zero attached hydrogens (tertiary/aromatic N) is 1. The number of methoxy groups -OCH3 is 1. The Labute approximate surface area is 144 Å². The van der Waals surface area contributed by atoms with Crippen molar-refractivity contribution in [2.24, 2.45) is 0 Å². The van der Waals surface area contributed by atoms with Gasteiger partial charge in [0.2, 0.25) is 5.91 Å². The number of nitrogens with one attached hydrogen (secondary N) is 1. The van der Waals surface area contributed by atoms with E-state index in [9.17, 15) is 9.59 Å². The second-order valence-corrected chi connectivity index (χ2v) is 5.90. The Hall–Kier alpha value is -1.34. The van der Waals surface area contributed by atoms with Crippen molar-refractivity contribution in [2.75, 3.05) is 38.7 Å². The van der Waals surface area contributed by atoms with Crippen LogP contribution in [0.2, 0.25) is 10.0 Å². The predicted molar refractivity (Wildman–Crippen MR) is 87.9 cm³/mol. The van der Waals surface area contributed by atoms with Crippen molar-refractivity contribution in [2.45, 2.75) is 12.5 Å². The quantitative estimate of drug-likeness (QED) is 0.815. The lowest BCUT2D eigenvalue weighted by molar-refractivity contribution is -0.145. The molecule has 0 radical (unpaired) electrons. The van der Waals surface area contributed by atoms with Crippen LogP contribution in [-0.2, 0) is 19.1 Å². The number of ether oxygens (including phenoxy) is 2. The molecule has 1 saturated heterocycles. The third-order valence-electron chi connectivity index (χ3n) is 3.56. The van der Waals surface area contributed by atoms with E-state index in [1.54, 1.807) is 18.2 Å². The number of anilines is 1. The van der Waals surface area contributed by atoms with Gasteiger partial charge in [-0.3, -0.25) is 14.5 Å². The van der Waals surface area contributed by atoms with Crippen molar-refractivity contribution in [1.29, 1.82) is 0 Å². The van der Waals surface area contributed by atoms with Gasteiger partial charge in [0.25, 0.3) is 0 Å². The molecule has 1 N–H and O–H groups in total. The number of benzene rings is 1. The molecule has 0 aromatic heterocycles. The van der Waals surface area contributed by atoms with E-state index in [-0.39, 0.29) is 12.3 Å². The van der Waals surface area contributed by atoms with E-state index in [1.807, 2.05) is 4.90 Å². The molecule has 1 aliphatic heterocycles. The zero-order valence-corrected chi connectivity index (χ0v) is 14.2. The van der Waals surface area contributed by atoms with Crippen LogP contribution >= 0.6 is 23.2 Å². The maximum absolute atomic E-state index is 12.6. The fourth-order valence-electron chi connectivity index (χ4n) is 2.33. The molecule has 1 atom stereocenters. The molecule has 2 rings (SSSR count). The van der Waals surface area contributed by atoms with Crippen LogP contribution in [0.5, 0.6) is 0 Å². The van der Waals surface area contributed by atoms with Gasteiger partial charge in [-0.1, -0.05) is 23.2 Å². The van der Waals surface area contributed by atoms with E-state index in [2.05, 4.69) is 5.32 Å². The van der Waals surface area contributed by atoms with Gasteiger partial charge in [-0.05, 0) is 18.2 Å². The molecule has 0 bridgehead atoms. The number of hydrogen-bond donors (Lipinski definition) is 1. The molecule has 0 saturated carbocycles. The van der Waals surface area contributed by atoms with Crippen LogP contribution in [0.3, 0.4) is 0 Å². The van der Waals surface area contributed by atoms with Crippen molar-refractivity contribution in [3.8, 4) is 0 Å². The van der Waals surface area contributed by atoms with Crippen LogP contribution in [-0.4, -0.2) is 56.2 Å². The first-order chi connectivity index (χ1) is 11.0. The molecule has 0 spiro atoms. The van der Waals surface area contributed by atoms with Gasteiger partial charge in [0.1, 0.15) is 6.04 Å². The van der Waals surface area contributed by atoms with Gasteiger partial charge in [0.05, 0.1) is 37.5 Å². The third kappa shape index (κ3) is 5.07. The molecule has 1 aromatic rings. The Bertz CT molecular complexity index is 577. The molecule has 1 unspecified atom stereocenters. The molecule has 8 heteroatoms. The lowest BCUT2D eigenvalue weighted by Gasteiger charge is -2.33. The summed E-state index contributed by atoms with van der Waals surface area (Å²) in [5.41, 5.74) is 0.410. The number of amides is 1. The van der Waals surface area contributed by atoms with E-state index < -0.39 is 12.0 Å². The van der Waals surface area contributed by atoms with Crippen molar-refractivity contribution in [1.82, 2.24) is 4.90 Å². The minimum atomic E-state index is -0.651. The molecule has 23 heavy (non-hydrogen) atoms. The molecular weight excluding hydrogens is 343 g/mol. The second-order valence-electron chi connectivity index (χ2n) is 5.06. The van der Waals surface area contributed by atoms with Gasteiger partial charge >= 0.3 is 5.97 Å². The zero-order chi connectivity index (χ0) is 16.8. The first-order valence-electron chi connectivity index (χ1n) is 7.16. The highest BCUT2D eigenvalue weighted by molar-refractivity contribution is 6.35. The van der Waals surface area contributed by atoms with E-state index >= 15 is 0 Å². The standard InChI is InChI=1S/C15H18Cl2N2O4/c1-22-14(20)9-13(19-4-6-23-7-5-19)15(21)18-12-8-10(16)2-3-11(12)17/h2-3,8,13H,4-7,9H2,1H3,(H,18,21). The summed E-state index contributed by atoms with van der Waals surface area (Å²) in [6.07, 6.45) is -0.0412. The van der Waals surface area contributed by atoms with Crippen molar-refractivity contribution >= 4 is 40.8 Å². The maximum Gasteiger partial charge on any atom is 0.307 e. The summed E-state index contributed by atoms with van der Waals surface area (Å²) >= 11 is 12.0. The third-order valence-corrected chi connectivity index (χ3v) is 4.13. The van der Waals surface area contributed by atoms with Crippen molar-refractivity contribution < 1.29 is 19.1 Å². The number of carbonyl (C=O) groups is 2. The van der Waals surface area contributed by atoms with E-state index in [0.717, 1.165) is 0 Å². The summed E-state index contributed by atoms with van der Waals surface area (Å²) in [5, 5.41) is 3.57. The Kier molecular flexibility index (Phi) is 6.65. The monoisotopic (exact) mass is 360 g/mol. The molecule has 1 amide bonds. The number of carbonyl (C=O) groups excluding carboxylic acids is 2. The Morgan fingerprint density at radius 2 is 2.04 bits per heavy atom. The normalized spacial score (nSPS) is 16.7. The van der Waals surface area contributed by atoms with E-state index in [0.29, 0.717) is 42.0 Å². The van der Waals surface area contributed by atoms with Gasteiger partial charge in [0.15, 0.2) is 0 Å². The van der Waals surface area contributed by atoms with Gasteiger partial charge in [-0.25, -0.2) is 0 Å². The lowest BCUT2D eigenvalue weighted by atomic mass is 10.1. The fourth-order valence-corrected chi connectivity index (χ4v) is 2.66. The number of morpholine rings is 1. The van der Waals surface area contributed by atoms with E-state index in [1.165, 1.54) is 7.11 Å².